The third kappa shape index (κ3) is 13.4. The Morgan fingerprint density at radius 3 is 0.459 bits per heavy atom. The zero-order chi connectivity index (χ0) is 39.8. The molecule has 0 aromatic heterocycles. The second-order valence-electron chi connectivity index (χ2n) is 13.9. The number of hydrogen-bond donors (Lipinski definition) is 0. The van der Waals surface area contributed by atoms with Gasteiger partial charge in [0.2, 0.25) is 0 Å². The van der Waals surface area contributed by atoms with Crippen molar-refractivity contribution in [1.82, 2.24) is 0 Å². The molecule has 0 N–H and O–H groups in total. The van der Waals surface area contributed by atoms with Crippen LogP contribution in [0.1, 0.15) is 26.7 Å². The Morgan fingerprint density at radius 1 is 0.246 bits per heavy atom. The van der Waals surface area contributed by atoms with Crippen molar-refractivity contribution in [2.75, 3.05) is 0 Å². The summed E-state index contributed by atoms with van der Waals surface area (Å²) in [7, 11) is -1.89. The van der Waals surface area contributed by atoms with Crippen molar-refractivity contribution in [2.45, 2.75) is 37.5 Å². The molecule has 312 valence electrons. The largest absolute Gasteiger partial charge is 2.00 e. The zero-order valence-electron chi connectivity index (χ0n) is 34.5. The van der Waals surface area contributed by atoms with E-state index in [2.05, 4.69) is 257 Å². The molecule has 0 unspecified atom stereocenters. The van der Waals surface area contributed by atoms with E-state index >= 15 is 0 Å². The summed E-state index contributed by atoms with van der Waals surface area (Å²) in [5.74, 6) is 0. The van der Waals surface area contributed by atoms with Crippen LogP contribution in [0.4, 0.5) is 0 Å². The van der Waals surface area contributed by atoms with E-state index in [1.54, 1.807) is 0 Å². The molecule has 0 atom stereocenters. The van der Waals surface area contributed by atoms with Crippen molar-refractivity contribution in [3.63, 3.8) is 0 Å². The molecule has 0 aliphatic carbocycles. The number of hydrogen-bond acceptors (Lipinski definition) is 0. The molecule has 0 saturated carbocycles. The van der Waals surface area contributed by atoms with Crippen LogP contribution in [0.3, 0.4) is 0 Å². The normalized spacial score (nSPS) is 10.8. The standard InChI is InChI=1S/2C27H26P2.2ClH.Pd/c2*1-2-27(28(23-15-7-3-8-16-23)24-17-9-4-10-18-24)29(25-19-11-5-12-20-25)26-21-13-6-14-22-26;;;/h2*3-22,27H,2H2,1H3;2*1H;/q;;;;+2/p-2. The summed E-state index contributed by atoms with van der Waals surface area (Å²) in [6.07, 6.45) is 2.32. The monoisotopic (exact) mass is 1000 g/mol. The molecule has 8 aromatic carbocycles. The van der Waals surface area contributed by atoms with E-state index in [0.29, 0.717) is 10.8 Å². The fourth-order valence-electron chi connectivity index (χ4n) is 7.64. The van der Waals surface area contributed by atoms with Gasteiger partial charge < -0.3 is 24.8 Å². The van der Waals surface area contributed by atoms with Crippen molar-refractivity contribution < 1.29 is 45.2 Å². The molecule has 0 bridgehead atoms. The Labute approximate surface area is 396 Å². The smallest absolute Gasteiger partial charge is 1.00 e. The van der Waals surface area contributed by atoms with E-state index in [1.807, 2.05) is 0 Å². The summed E-state index contributed by atoms with van der Waals surface area (Å²) < 4.78 is 0. The second kappa shape index (κ2) is 27.0. The fraction of sp³-hybridized carbons (Fsp3) is 0.111. The van der Waals surface area contributed by atoms with Crippen LogP contribution in [-0.2, 0) is 20.4 Å². The summed E-state index contributed by atoms with van der Waals surface area (Å²) in [6, 6.07) is 89.2. The Kier molecular flexibility index (Phi) is 22.3. The van der Waals surface area contributed by atoms with Gasteiger partial charge in [-0.2, -0.15) is 0 Å². The summed E-state index contributed by atoms with van der Waals surface area (Å²) in [6.45, 7) is 4.74. The zero-order valence-corrected chi connectivity index (χ0v) is 41.2. The van der Waals surface area contributed by atoms with E-state index in [0.717, 1.165) is 12.8 Å². The van der Waals surface area contributed by atoms with Crippen molar-refractivity contribution in [3.8, 4) is 0 Å². The van der Waals surface area contributed by atoms with Gasteiger partial charge in [-0.25, -0.2) is 0 Å². The van der Waals surface area contributed by atoms with E-state index in [9.17, 15) is 0 Å². The van der Waals surface area contributed by atoms with Gasteiger partial charge in [0.1, 0.15) is 0 Å². The first-order chi connectivity index (χ1) is 28.8. The third-order valence-electron chi connectivity index (χ3n) is 10.2. The molecule has 0 heterocycles. The molecular weight excluding hydrogens is 950 g/mol. The van der Waals surface area contributed by atoms with Gasteiger partial charge in [-0.3, -0.25) is 0 Å². The molecule has 0 saturated heterocycles. The first-order valence-electron chi connectivity index (χ1n) is 20.3. The van der Waals surface area contributed by atoms with Crippen molar-refractivity contribution in [2.24, 2.45) is 0 Å². The molecule has 0 spiro atoms. The van der Waals surface area contributed by atoms with Crippen molar-refractivity contribution >= 4 is 74.1 Å². The van der Waals surface area contributed by atoms with Gasteiger partial charge in [-0.1, -0.05) is 257 Å². The van der Waals surface area contributed by atoms with Crippen LogP contribution in [0, 0.1) is 0 Å². The molecule has 0 radical (unpaired) electrons. The van der Waals surface area contributed by atoms with Gasteiger partial charge in [-0.15, -0.1) is 0 Å². The van der Waals surface area contributed by atoms with Crippen LogP contribution in [0.15, 0.2) is 243 Å². The SMILES string of the molecule is CCC(P(c1ccccc1)c1ccccc1)P(c1ccccc1)c1ccccc1.CCC(P(c1ccccc1)c1ccccc1)P(c1ccccc1)c1ccccc1.[Cl-].[Cl-].[Pd+2]. The minimum absolute atomic E-state index is 0. The minimum Gasteiger partial charge on any atom is -1.00 e. The molecule has 8 aromatic rings. The fourth-order valence-corrected chi connectivity index (χ4v) is 22.0. The van der Waals surface area contributed by atoms with Gasteiger partial charge in [-0.05, 0) is 87.0 Å². The first-order valence-corrected chi connectivity index (χ1v) is 26.0. The van der Waals surface area contributed by atoms with Crippen LogP contribution >= 0.6 is 31.7 Å². The predicted molar refractivity (Wildman–Crippen MR) is 264 cm³/mol. The Bertz CT molecular complexity index is 1840. The van der Waals surface area contributed by atoms with Crippen molar-refractivity contribution in [3.05, 3.63) is 243 Å². The minimum atomic E-state index is -0.472. The van der Waals surface area contributed by atoms with E-state index in [-0.39, 0.29) is 45.2 Å². The number of rotatable bonds is 14. The Balaban J connectivity index is 0.000000256. The maximum atomic E-state index is 2.37. The summed E-state index contributed by atoms with van der Waals surface area (Å²) in [5.41, 5.74) is 0. The average Bonchev–Trinajstić information content (AvgIpc) is 3.31. The van der Waals surface area contributed by atoms with Crippen LogP contribution < -0.4 is 67.3 Å². The van der Waals surface area contributed by atoms with Crippen LogP contribution in [-0.4, -0.2) is 10.8 Å². The number of benzene rings is 8. The van der Waals surface area contributed by atoms with Crippen LogP contribution in [0.25, 0.3) is 0 Å². The maximum Gasteiger partial charge on any atom is 2.00 e. The van der Waals surface area contributed by atoms with Crippen LogP contribution in [0.2, 0.25) is 0 Å². The quantitative estimate of drug-likeness (QED) is 0.0931. The summed E-state index contributed by atoms with van der Waals surface area (Å²) in [5, 5.41) is 12.9. The van der Waals surface area contributed by atoms with Gasteiger partial charge in [0.25, 0.3) is 0 Å². The van der Waals surface area contributed by atoms with E-state index in [4.69, 9.17) is 0 Å². The summed E-state index contributed by atoms with van der Waals surface area (Å²) >= 11 is 0. The topological polar surface area (TPSA) is 0 Å². The van der Waals surface area contributed by atoms with Crippen LogP contribution in [0.5, 0.6) is 0 Å². The first kappa shape index (κ1) is 50.4. The summed E-state index contributed by atoms with van der Waals surface area (Å²) in [4.78, 5) is 0. The van der Waals surface area contributed by atoms with Crippen molar-refractivity contribution in [1.29, 1.82) is 0 Å². The Morgan fingerprint density at radius 2 is 0.361 bits per heavy atom. The molecule has 8 rings (SSSR count). The second-order valence-corrected chi connectivity index (χ2v) is 24.3. The molecule has 0 fully saturated rings. The molecule has 0 amide bonds. The average molecular weight is 1000 g/mol. The Hall–Kier alpha value is -3.28. The predicted octanol–water partition coefficient (Wildman–Crippen LogP) is 5.98. The number of halogens is 2. The molecule has 61 heavy (non-hydrogen) atoms. The molecule has 0 aliphatic rings. The third-order valence-corrected chi connectivity index (χ3v) is 23.6. The van der Waals surface area contributed by atoms with E-state index < -0.39 is 31.7 Å². The maximum absolute atomic E-state index is 2.37. The molecule has 7 heteroatoms. The van der Waals surface area contributed by atoms with Gasteiger partial charge in [0, 0.05) is 10.8 Å². The van der Waals surface area contributed by atoms with E-state index in [1.165, 1.54) is 42.4 Å². The molecule has 0 aliphatic heterocycles. The molecular formula is C54H52Cl2P4Pd. The van der Waals surface area contributed by atoms with Gasteiger partial charge in [0.05, 0.1) is 0 Å². The van der Waals surface area contributed by atoms with Gasteiger partial charge >= 0.3 is 20.4 Å². The van der Waals surface area contributed by atoms with Gasteiger partial charge in [0.15, 0.2) is 0 Å². The molecule has 0 nitrogen and oxygen atoms in total.